The molecule has 6 heteroatoms. The van der Waals surface area contributed by atoms with Gasteiger partial charge in [0.25, 0.3) is 0 Å². The van der Waals surface area contributed by atoms with Crippen molar-refractivity contribution in [1.82, 2.24) is 9.80 Å². The molecule has 2 aliphatic rings. The lowest BCUT2D eigenvalue weighted by Gasteiger charge is -2.35. The maximum absolute atomic E-state index is 14.1. The molecule has 0 bridgehead atoms. The summed E-state index contributed by atoms with van der Waals surface area (Å²) in [6.07, 6.45) is 3.47. The maximum Gasteiger partial charge on any atom is 0.224 e. The summed E-state index contributed by atoms with van der Waals surface area (Å²) in [5.41, 5.74) is 1.56. The van der Waals surface area contributed by atoms with Gasteiger partial charge in [0.1, 0.15) is 5.82 Å². The Bertz CT molecular complexity index is 665. The molecule has 3 rings (SSSR count). The van der Waals surface area contributed by atoms with Crippen molar-refractivity contribution in [1.29, 1.82) is 0 Å². The summed E-state index contributed by atoms with van der Waals surface area (Å²) < 4.78 is 15.0. The first-order valence-electron chi connectivity index (χ1n) is 8.50. The predicted molar refractivity (Wildman–Crippen MR) is 92.9 cm³/mol. The van der Waals surface area contributed by atoms with Crippen molar-refractivity contribution < 1.29 is 14.0 Å². The van der Waals surface area contributed by atoms with E-state index in [0.29, 0.717) is 37.9 Å². The van der Waals surface area contributed by atoms with Gasteiger partial charge in [0.2, 0.25) is 11.8 Å². The Morgan fingerprint density at radius 3 is 2.79 bits per heavy atom. The minimum Gasteiger partial charge on any atom is -0.339 e. The van der Waals surface area contributed by atoms with E-state index < -0.39 is 0 Å². The lowest BCUT2D eigenvalue weighted by atomic mass is 9.98. The highest BCUT2D eigenvalue weighted by molar-refractivity contribution is 9.10. The van der Waals surface area contributed by atoms with Crippen LogP contribution in [-0.2, 0) is 22.6 Å². The SMILES string of the molecule is C[C@H](CC(=O)N1CCc2c(Br)ccc(F)c2C1)N1CCCCC1=O. The van der Waals surface area contributed by atoms with Gasteiger partial charge < -0.3 is 9.80 Å². The minimum absolute atomic E-state index is 0.00843. The highest BCUT2D eigenvalue weighted by Gasteiger charge is 2.29. The van der Waals surface area contributed by atoms with Gasteiger partial charge in [-0.2, -0.15) is 0 Å². The lowest BCUT2D eigenvalue weighted by Crippen LogP contribution is -2.45. The maximum atomic E-state index is 14.1. The Kier molecular flexibility index (Phi) is 5.23. The van der Waals surface area contributed by atoms with Gasteiger partial charge in [-0.25, -0.2) is 4.39 Å². The predicted octanol–water partition coefficient (Wildman–Crippen LogP) is 3.26. The number of hydrogen-bond acceptors (Lipinski definition) is 2. The molecule has 4 nitrogen and oxygen atoms in total. The van der Waals surface area contributed by atoms with E-state index in [9.17, 15) is 14.0 Å². The second-order valence-corrected chi connectivity index (χ2v) is 7.50. The number of carbonyl (C=O) groups is 2. The van der Waals surface area contributed by atoms with Crippen LogP contribution in [0.2, 0.25) is 0 Å². The van der Waals surface area contributed by atoms with Crippen LogP contribution in [0.3, 0.4) is 0 Å². The minimum atomic E-state index is -0.259. The molecular formula is C18H22BrFN2O2. The molecule has 130 valence electrons. The molecule has 2 amide bonds. The number of piperidine rings is 1. The Morgan fingerprint density at radius 2 is 2.04 bits per heavy atom. The van der Waals surface area contributed by atoms with E-state index >= 15 is 0 Å². The van der Waals surface area contributed by atoms with Crippen LogP contribution < -0.4 is 0 Å². The Balaban J connectivity index is 1.66. The van der Waals surface area contributed by atoms with Crippen molar-refractivity contribution in [3.8, 4) is 0 Å². The number of amides is 2. The van der Waals surface area contributed by atoms with E-state index in [1.807, 2.05) is 11.8 Å². The van der Waals surface area contributed by atoms with E-state index in [1.165, 1.54) is 6.07 Å². The number of nitrogens with zero attached hydrogens (tertiary/aromatic N) is 2. The van der Waals surface area contributed by atoms with Crippen molar-refractivity contribution in [2.45, 2.75) is 51.6 Å². The van der Waals surface area contributed by atoms with Gasteiger partial charge in [0, 0.05) is 48.6 Å². The third-order valence-electron chi connectivity index (χ3n) is 5.01. The number of halogens is 2. The van der Waals surface area contributed by atoms with Crippen LogP contribution in [0.4, 0.5) is 4.39 Å². The zero-order valence-corrected chi connectivity index (χ0v) is 15.4. The second kappa shape index (κ2) is 7.21. The van der Waals surface area contributed by atoms with Crippen molar-refractivity contribution >= 4 is 27.7 Å². The van der Waals surface area contributed by atoms with E-state index in [1.54, 1.807) is 11.0 Å². The fourth-order valence-corrected chi connectivity index (χ4v) is 4.16. The number of likely N-dealkylation sites (tertiary alicyclic amines) is 1. The molecule has 24 heavy (non-hydrogen) atoms. The van der Waals surface area contributed by atoms with E-state index in [4.69, 9.17) is 0 Å². The molecule has 1 fully saturated rings. The monoisotopic (exact) mass is 396 g/mol. The lowest BCUT2D eigenvalue weighted by molar-refractivity contribution is -0.138. The van der Waals surface area contributed by atoms with Gasteiger partial charge in [0.05, 0.1) is 0 Å². The summed E-state index contributed by atoms with van der Waals surface area (Å²) in [5, 5.41) is 0. The molecule has 0 N–H and O–H groups in total. The molecular weight excluding hydrogens is 375 g/mol. The molecule has 0 spiro atoms. The van der Waals surface area contributed by atoms with Crippen molar-refractivity contribution in [3.05, 3.63) is 33.5 Å². The number of benzene rings is 1. The smallest absolute Gasteiger partial charge is 0.224 e. The summed E-state index contributed by atoms with van der Waals surface area (Å²) in [7, 11) is 0. The van der Waals surface area contributed by atoms with Crippen LogP contribution >= 0.6 is 15.9 Å². The average molecular weight is 397 g/mol. The fourth-order valence-electron chi connectivity index (χ4n) is 3.59. The van der Waals surface area contributed by atoms with Gasteiger partial charge in [-0.3, -0.25) is 9.59 Å². The second-order valence-electron chi connectivity index (χ2n) is 6.65. The van der Waals surface area contributed by atoms with E-state index in [2.05, 4.69) is 15.9 Å². The Hall–Kier alpha value is -1.43. The fraction of sp³-hybridized carbons (Fsp3) is 0.556. The zero-order valence-electron chi connectivity index (χ0n) is 13.9. The normalized spacial score (nSPS) is 19.2. The molecule has 0 aromatic heterocycles. The summed E-state index contributed by atoms with van der Waals surface area (Å²) in [4.78, 5) is 28.1. The third-order valence-corrected chi connectivity index (χ3v) is 5.76. The van der Waals surface area contributed by atoms with Gasteiger partial charge in [-0.05, 0) is 43.9 Å². The first-order chi connectivity index (χ1) is 11.5. The first-order valence-corrected chi connectivity index (χ1v) is 9.29. The Morgan fingerprint density at radius 1 is 1.25 bits per heavy atom. The third kappa shape index (κ3) is 3.48. The van der Waals surface area contributed by atoms with E-state index in [-0.39, 0.29) is 23.7 Å². The van der Waals surface area contributed by atoms with Crippen molar-refractivity contribution in [3.63, 3.8) is 0 Å². The largest absolute Gasteiger partial charge is 0.339 e. The van der Waals surface area contributed by atoms with Crippen LogP contribution in [0.5, 0.6) is 0 Å². The topological polar surface area (TPSA) is 40.6 Å². The average Bonchev–Trinajstić information content (AvgIpc) is 2.58. The van der Waals surface area contributed by atoms with Crippen LogP contribution in [0.25, 0.3) is 0 Å². The van der Waals surface area contributed by atoms with E-state index in [0.717, 1.165) is 29.4 Å². The van der Waals surface area contributed by atoms with Crippen LogP contribution in [-0.4, -0.2) is 40.7 Å². The van der Waals surface area contributed by atoms with Gasteiger partial charge >= 0.3 is 0 Å². The van der Waals surface area contributed by atoms with Crippen molar-refractivity contribution in [2.75, 3.05) is 13.1 Å². The van der Waals surface area contributed by atoms with Crippen LogP contribution in [0.1, 0.15) is 43.7 Å². The molecule has 1 aromatic carbocycles. The number of carbonyl (C=O) groups excluding carboxylic acids is 2. The Labute approximate surface area is 150 Å². The number of fused-ring (bicyclic) bond motifs is 1. The molecule has 0 aliphatic carbocycles. The quantitative estimate of drug-likeness (QED) is 0.786. The summed E-state index contributed by atoms with van der Waals surface area (Å²) in [6.45, 7) is 3.56. The molecule has 0 saturated carbocycles. The van der Waals surface area contributed by atoms with Crippen molar-refractivity contribution in [2.24, 2.45) is 0 Å². The zero-order chi connectivity index (χ0) is 17.3. The molecule has 1 aromatic rings. The first kappa shape index (κ1) is 17.4. The molecule has 1 atom stereocenters. The summed E-state index contributed by atoms with van der Waals surface area (Å²) >= 11 is 3.46. The molecule has 0 radical (unpaired) electrons. The van der Waals surface area contributed by atoms with Gasteiger partial charge in [0.15, 0.2) is 0 Å². The highest BCUT2D eigenvalue weighted by Crippen LogP contribution is 2.29. The summed E-state index contributed by atoms with van der Waals surface area (Å²) in [5.74, 6) is -0.128. The number of hydrogen-bond donors (Lipinski definition) is 0. The standard InChI is InChI=1S/C18H22BrFN2O2/c1-12(22-8-3-2-4-17(22)23)10-18(24)21-9-7-13-14(11-21)16(20)6-5-15(13)19/h5-6,12H,2-4,7-11H2,1H3/t12-/m1/s1. The molecule has 0 unspecified atom stereocenters. The summed E-state index contributed by atoms with van der Waals surface area (Å²) in [6, 6.07) is 3.06. The molecule has 2 heterocycles. The van der Waals surface area contributed by atoms with Gasteiger partial charge in [-0.15, -0.1) is 0 Å². The highest BCUT2D eigenvalue weighted by atomic mass is 79.9. The molecule has 2 aliphatic heterocycles. The van der Waals surface area contributed by atoms with Crippen LogP contribution in [0, 0.1) is 5.82 Å². The molecule has 1 saturated heterocycles. The van der Waals surface area contributed by atoms with Crippen LogP contribution in [0.15, 0.2) is 16.6 Å². The van der Waals surface area contributed by atoms with Gasteiger partial charge in [-0.1, -0.05) is 15.9 Å². The number of rotatable bonds is 3.